The third-order valence-electron chi connectivity index (χ3n) is 12.4. The van der Waals surface area contributed by atoms with Gasteiger partial charge < -0.3 is 0 Å². The number of benzene rings is 12. The summed E-state index contributed by atoms with van der Waals surface area (Å²) in [6, 6.07) is 81.1. The maximum Gasteiger partial charge on any atom is -0.00926 e. The molecule has 12 rings (SSSR count). The quantitative estimate of drug-likeness (QED) is 0.158. The van der Waals surface area contributed by atoms with Crippen LogP contribution in [0.25, 0.3) is 120 Å². The third-order valence-corrected chi connectivity index (χ3v) is 12.4. The van der Waals surface area contributed by atoms with Crippen molar-refractivity contribution in [3.8, 4) is 44.5 Å². The minimum Gasteiger partial charge on any atom is -0.0616 e. The second-order valence-corrected chi connectivity index (χ2v) is 15.6. The van der Waals surface area contributed by atoms with Gasteiger partial charge in [0.25, 0.3) is 0 Å². The summed E-state index contributed by atoms with van der Waals surface area (Å²) in [4.78, 5) is 0. The van der Waals surface area contributed by atoms with Gasteiger partial charge in [0, 0.05) is 0 Å². The molecule has 0 heterocycles. The van der Waals surface area contributed by atoms with Crippen molar-refractivity contribution in [2.24, 2.45) is 0 Å². The Labute approximate surface area is 336 Å². The van der Waals surface area contributed by atoms with Gasteiger partial charge in [0.05, 0.1) is 0 Å². The molecule has 0 nitrogen and oxygen atoms in total. The molecular weight excluding hydrogens is 697 g/mol. The molecule has 0 N–H and O–H groups in total. The van der Waals surface area contributed by atoms with E-state index in [1.807, 2.05) is 0 Å². The lowest BCUT2D eigenvalue weighted by molar-refractivity contribution is 1.66. The van der Waals surface area contributed by atoms with Gasteiger partial charge in [0.15, 0.2) is 0 Å². The highest BCUT2D eigenvalue weighted by atomic mass is 14.2. The molecule has 0 radical (unpaired) electrons. The second-order valence-electron chi connectivity index (χ2n) is 15.6. The maximum atomic E-state index is 2.42. The van der Waals surface area contributed by atoms with Crippen molar-refractivity contribution in [2.75, 3.05) is 0 Å². The van der Waals surface area contributed by atoms with Crippen LogP contribution in [-0.2, 0) is 0 Å². The van der Waals surface area contributed by atoms with E-state index in [1.165, 1.54) is 120 Å². The number of hydrogen-bond acceptors (Lipinski definition) is 0. The molecule has 0 saturated heterocycles. The predicted molar refractivity (Wildman–Crippen MR) is 251 cm³/mol. The summed E-state index contributed by atoms with van der Waals surface area (Å²) >= 11 is 0. The second kappa shape index (κ2) is 13.0. The van der Waals surface area contributed by atoms with Crippen LogP contribution in [0.5, 0.6) is 0 Å². The Hall–Kier alpha value is -7.54. The fraction of sp³-hybridized carbons (Fsp3) is 0. The topological polar surface area (TPSA) is 0 Å². The van der Waals surface area contributed by atoms with E-state index in [2.05, 4.69) is 218 Å². The molecule has 0 aromatic heterocycles. The van der Waals surface area contributed by atoms with E-state index in [4.69, 9.17) is 0 Å². The molecule has 0 fully saturated rings. The molecule has 12 aromatic rings. The molecule has 0 heteroatoms. The smallest absolute Gasteiger partial charge is 0.00926 e. The highest BCUT2D eigenvalue weighted by Crippen LogP contribution is 2.45. The van der Waals surface area contributed by atoms with Gasteiger partial charge in [-0.3, -0.25) is 0 Å². The number of fused-ring (bicyclic) bond motifs is 9. The Morgan fingerprint density at radius 3 is 0.966 bits per heavy atom. The van der Waals surface area contributed by atoms with E-state index < -0.39 is 0 Å². The lowest BCUT2D eigenvalue weighted by Crippen LogP contribution is -1.91. The lowest BCUT2D eigenvalue weighted by atomic mass is 9.85. The van der Waals surface area contributed by atoms with Crippen molar-refractivity contribution < 1.29 is 0 Å². The van der Waals surface area contributed by atoms with Crippen LogP contribution in [0.2, 0.25) is 0 Å². The van der Waals surface area contributed by atoms with Gasteiger partial charge in [-0.15, -0.1) is 0 Å². The normalized spacial score (nSPS) is 11.8. The van der Waals surface area contributed by atoms with Crippen LogP contribution in [0.1, 0.15) is 0 Å². The van der Waals surface area contributed by atoms with Gasteiger partial charge in [-0.2, -0.15) is 0 Å². The molecule has 0 amide bonds. The largest absolute Gasteiger partial charge is 0.0616 e. The first-order valence-electron chi connectivity index (χ1n) is 20.2. The summed E-state index contributed by atoms with van der Waals surface area (Å²) in [5, 5.41) is 17.7. The van der Waals surface area contributed by atoms with Crippen LogP contribution in [0.15, 0.2) is 218 Å². The molecule has 0 aliphatic carbocycles. The van der Waals surface area contributed by atoms with Crippen LogP contribution in [0, 0.1) is 0 Å². The molecule has 0 bridgehead atoms. The zero-order valence-electron chi connectivity index (χ0n) is 31.8. The van der Waals surface area contributed by atoms with Crippen molar-refractivity contribution in [1.29, 1.82) is 0 Å². The van der Waals surface area contributed by atoms with Crippen molar-refractivity contribution >= 4 is 75.4 Å². The van der Waals surface area contributed by atoms with Gasteiger partial charge in [-0.05, 0) is 144 Å². The molecular formula is C58H36. The van der Waals surface area contributed by atoms with Crippen LogP contribution in [-0.4, -0.2) is 0 Å². The average molecular weight is 733 g/mol. The van der Waals surface area contributed by atoms with E-state index in [0.717, 1.165) is 0 Å². The first-order valence-corrected chi connectivity index (χ1v) is 20.2. The Bertz CT molecular complexity index is 3370. The van der Waals surface area contributed by atoms with E-state index >= 15 is 0 Å². The summed E-state index contributed by atoms with van der Waals surface area (Å²) in [6.07, 6.45) is 0. The van der Waals surface area contributed by atoms with E-state index in [1.54, 1.807) is 0 Å². The van der Waals surface area contributed by atoms with E-state index in [0.29, 0.717) is 0 Å². The highest BCUT2D eigenvalue weighted by Gasteiger charge is 2.18. The minimum atomic E-state index is 1.23. The monoisotopic (exact) mass is 732 g/mol. The Balaban J connectivity index is 1.12. The van der Waals surface area contributed by atoms with Gasteiger partial charge in [0.1, 0.15) is 0 Å². The molecule has 0 aliphatic rings. The maximum absolute atomic E-state index is 2.42. The van der Waals surface area contributed by atoms with Crippen molar-refractivity contribution in [3.05, 3.63) is 218 Å². The van der Waals surface area contributed by atoms with Gasteiger partial charge >= 0.3 is 0 Å². The molecule has 0 saturated carbocycles. The van der Waals surface area contributed by atoms with Crippen LogP contribution in [0.3, 0.4) is 0 Å². The van der Waals surface area contributed by atoms with Crippen molar-refractivity contribution in [3.63, 3.8) is 0 Å². The summed E-state index contributed by atoms with van der Waals surface area (Å²) < 4.78 is 0. The average Bonchev–Trinajstić information content (AvgIpc) is 3.30. The summed E-state index contributed by atoms with van der Waals surface area (Å²) in [5.74, 6) is 0. The van der Waals surface area contributed by atoms with Crippen molar-refractivity contribution in [1.82, 2.24) is 0 Å². The fourth-order valence-corrected chi connectivity index (χ4v) is 9.71. The van der Waals surface area contributed by atoms with Crippen molar-refractivity contribution in [2.45, 2.75) is 0 Å². The van der Waals surface area contributed by atoms with Crippen LogP contribution in [0.4, 0.5) is 0 Å². The Morgan fingerprint density at radius 2 is 0.517 bits per heavy atom. The fourth-order valence-electron chi connectivity index (χ4n) is 9.71. The molecule has 0 atom stereocenters. The molecule has 12 aromatic carbocycles. The standard InChI is InChI=1S/C58H36/c1-5-19-43-37(13-1)17-11-25-45(43)41-27-29-51-47-21-7-3-15-39(47)33-57(55(51)35-41)53-31-32-54(50-24-10-9-23-49(50)53)58-34-40-16-4-8-22-48(40)52-30-28-42(36-56(52)58)46-26-12-18-38-14-2-6-20-44(38)46/h1-36H. The number of rotatable bonds is 4. The Morgan fingerprint density at radius 1 is 0.155 bits per heavy atom. The number of hydrogen-bond donors (Lipinski definition) is 0. The van der Waals surface area contributed by atoms with Gasteiger partial charge in [0.2, 0.25) is 0 Å². The predicted octanol–water partition coefficient (Wildman–Crippen LogP) is 16.4. The summed E-state index contributed by atoms with van der Waals surface area (Å²) in [7, 11) is 0. The zero-order valence-corrected chi connectivity index (χ0v) is 31.8. The SMILES string of the molecule is c1ccc2c(-c3ccc4c(c3)c(-c3ccc(-c5cc6ccccc6c6ccc(-c7cccc8ccccc78)cc56)c5ccccc35)cc3ccccc34)cccc2c1. The van der Waals surface area contributed by atoms with E-state index in [9.17, 15) is 0 Å². The highest BCUT2D eigenvalue weighted by molar-refractivity contribution is 6.21. The lowest BCUT2D eigenvalue weighted by Gasteiger charge is -2.18. The van der Waals surface area contributed by atoms with Crippen LogP contribution >= 0.6 is 0 Å². The molecule has 268 valence electrons. The van der Waals surface area contributed by atoms with Gasteiger partial charge in [-0.1, -0.05) is 194 Å². The van der Waals surface area contributed by atoms with E-state index in [-0.39, 0.29) is 0 Å². The first-order chi connectivity index (χ1) is 28.8. The summed E-state index contributed by atoms with van der Waals surface area (Å²) in [6.45, 7) is 0. The summed E-state index contributed by atoms with van der Waals surface area (Å²) in [5.41, 5.74) is 9.95. The minimum absolute atomic E-state index is 1.23. The first kappa shape index (κ1) is 32.7. The van der Waals surface area contributed by atoms with Gasteiger partial charge in [-0.25, -0.2) is 0 Å². The Kier molecular flexibility index (Phi) is 7.33. The molecule has 58 heavy (non-hydrogen) atoms. The van der Waals surface area contributed by atoms with Crippen LogP contribution < -0.4 is 0 Å². The third kappa shape index (κ3) is 5.09. The molecule has 0 spiro atoms. The molecule has 0 aliphatic heterocycles. The molecule has 0 unspecified atom stereocenters. The zero-order chi connectivity index (χ0) is 38.2.